The number of hydrogen-bond acceptors (Lipinski definition) is 2. The first kappa shape index (κ1) is 8.08. The van der Waals surface area contributed by atoms with E-state index in [1.807, 2.05) is 26.0 Å². The molecule has 0 aromatic carbocycles. The van der Waals surface area contributed by atoms with Crippen LogP contribution in [0.25, 0.3) is 0 Å². The zero-order valence-electron chi connectivity index (χ0n) is 6.89. The van der Waals surface area contributed by atoms with Gasteiger partial charge in [0, 0.05) is 5.57 Å². The fourth-order valence-corrected chi connectivity index (χ4v) is 0.887. The molecule has 0 saturated heterocycles. The minimum atomic E-state index is 0.509. The van der Waals surface area contributed by atoms with Crippen molar-refractivity contribution in [1.29, 1.82) is 0 Å². The highest BCUT2D eigenvalue weighted by atomic mass is 17.2. The van der Waals surface area contributed by atoms with E-state index in [0.29, 0.717) is 6.61 Å². The third-order valence-electron chi connectivity index (χ3n) is 1.48. The van der Waals surface area contributed by atoms with Crippen LogP contribution in [0.15, 0.2) is 35.6 Å². The molecule has 0 bridgehead atoms. The molecule has 60 valence electrons. The highest BCUT2D eigenvalue weighted by Gasteiger charge is 2.15. The molecule has 0 fully saturated rings. The van der Waals surface area contributed by atoms with E-state index < -0.39 is 0 Å². The third kappa shape index (κ3) is 1.71. The summed E-state index contributed by atoms with van der Waals surface area (Å²) < 4.78 is 0. The quantitative estimate of drug-likeness (QED) is 0.565. The summed E-state index contributed by atoms with van der Waals surface area (Å²) >= 11 is 0. The molecule has 0 aromatic rings. The second kappa shape index (κ2) is 3.39. The van der Waals surface area contributed by atoms with Gasteiger partial charge in [-0.15, -0.1) is 0 Å². The molecule has 0 aromatic heterocycles. The average Bonchev–Trinajstić information content (AvgIpc) is 2.36. The van der Waals surface area contributed by atoms with Crippen molar-refractivity contribution in [3.8, 4) is 0 Å². The lowest BCUT2D eigenvalue weighted by molar-refractivity contribution is -0.230. The van der Waals surface area contributed by atoms with Crippen LogP contribution in [0, 0.1) is 0 Å². The molecule has 0 radical (unpaired) electrons. The van der Waals surface area contributed by atoms with Crippen molar-refractivity contribution in [2.75, 3.05) is 6.61 Å². The van der Waals surface area contributed by atoms with Crippen molar-refractivity contribution in [3.05, 3.63) is 35.6 Å². The summed E-state index contributed by atoms with van der Waals surface area (Å²) in [6.45, 7) is 8.20. The van der Waals surface area contributed by atoms with Crippen molar-refractivity contribution in [1.82, 2.24) is 0 Å². The van der Waals surface area contributed by atoms with Gasteiger partial charge in [0.05, 0.1) is 0 Å². The van der Waals surface area contributed by atoms with E-state index in [0.717, 1.165) is 16.9 Å². The van der Waals surface area contributed by atoms with Gasteiger partial charge in [0.25, 0.3) is 0 Å². The Morgan fingerprint density at radius 1 is 1.64 bits per heavy atom. The van der Waals surface area contributed by atoms with Crippen LogP contribution in [0.5, 0.6) is 0 Å². The first-order valence-corrected chi connectivity index (χ1v) is 3.57. The van der Waals surface area contributed by atoms with Crippen LogP contribution >= 0.6 is 0 Å². The smallest absolute Gasteiger partial charge is 0.170 e. The van der Waals surface area contributed by atoms with Crippen LogP contribution < -0.4 is 0 Å². The molecular weight excluding hydrogens is 140 g/mol. The molecule has 0 saturated carbocycles. The van der Waals surface area contributed by atoms with Crippen LogP contribution in [-0.4, -0.2) is 6.61 Å². The molecule has 0 amide bonds. The highest BCUT2D eigenvalue weighted by molar-refractivity contribution is 5.35. The largest absolute Gasteiger partial charge is 0.337 e. The lowest BCUT2D eigenvalue weighted by Crippen LogP contribution is -1.87. The number of allylic oxidation sites excluding steroid dienone is 2. The van der Waals surface area contributed by atoms with Gasteiger partial charge in [-0.2, -0.15) is 4.89 Å². The van der Waals surface area contributed by atoms with Gasteiger partial charge in [-0.1, -0.05) is 12.7 Å². The van der Waals surface area contributed by atoms with Gasteiger partial charge in [-0.05, 0) is 25.5 Å². The molecule has 1 heterocycles. The second-order valence-electron chi connectivity index (χ2n) is 2.47. The van der Waals surface area contributed by atoms with E-state index in [2.05, 4.69) is 6.58 Å². The SMILES string of the molecule is C=C(C)C1=C(/C=C\C)OOC1. The second-order valence-corrected chi connectivity index (χ2v) is 2.47. The van der Waals surface area contributed by atoms with E-state index in [1.54, 1.807) is 0 Å². The predicted octanol–water partition coefficient (Wildman–Crippen LogP) is 2.35. The Morgan fingerprint density at radius 3 is 2.91 bits per heavy atom. The van der Waals surface area contributed by atoms with Gasteiger partial charge in [0.2, 0.25) is 0 Å². The monoisotopic (exact) mass is 152 g/mol. The lowest BCUT2D eigenvalue weighted by Gasteiger charge is -1.95. The minimum Gasteiger partial charge on any atom is -0.337 e. The maximum absolute atomic E-state index is 4.90. The molecule has 0 aliphatic carbocycles. The van der Waals surface area contributed by atoms with Gasteiger partial charge in [-0.25, -0.2) is 0 Å². The van der Waals surface area contributed by atoms with Crippen LogP contribution in [0.2, 0.25) is 0 Å². The fourth-order valence-electron chi connectivity index (χ4n) is 0.887. The molecule has 1 aliphatic rings. The zero-order chi connectivity index (χ0) is 8.27. The van der Waals surface area contributed by atoms with Crippen molar-refractivity contribution in [2.45, 2.75) is 13.8 Å². The number of hydrogen-bond donors (Lipinski definition) is 0. The Balaban J connectivity index is 2.86. The fraction of sp³-hybridized carbons (Fsp3) is 0.333. The molecular formula is C9H12O2. The molecule has 0 N–H and O–H groups in total. The summed E-state index contributed by atoms with van der Waals surface area (Å²) in [5, 5.41) is 0. The Kier molecular flexibility index (Phi) is 2.49. The summed E-state index contributed by atoms with van der Waals surface area (Å²) in [5.74, 6) is 0.778. The predicted molar refractivity (Wildman–Crippen MR) is 43.7 cm³/mol. The van der Waals surface area contributed by atoms with Gasteiger partial charge < -0.3 is 4.89 Å². The molecule has 0 spiro atoms. The van der Waals surface area contributed by atoms with Crippen molar-refractivity contribution in [2.24, 2.45) is 0 Å². The van der Waals surface area contributed by atoms with E-state index >= 15 is 0 Å². The Labute approximate surface area is 66.7 Å². The van der Waals surface area contributed by atoms with Gasteiger partial charge in [-0.3, -0.25) is 0 Å². The van der Waals surface area contributed by atoms with E-state index in [-0.39, 0.29) is 0 Å². The molecule has 1 aliphatic heterocycles. The minimum absolute atomic E-state index is 0.509. The summed E-state index contributed by atoms with van der Waals surface area (Å²) in [6, 6.07) is 0. The molecule has 11 heavy (non-hydrogen) atoms. The third-order valence-corrected chi connectivity index (χ3v) is 1.48. The standard InChI is InChI=1S/C9H12O2/c1-4-5-9-8(7(2)3)6-10-11-9/h4-5H,2,6H2,1,3H3/b5-4-. The molecule has 2 heteroatoms. The van der Waals surface area contributed by atoms with Crippen molar-refractivity contribution >= 4 is 0 Å². The maximum Gasteiger partial charge on any atom is 0.170 e. The van der Waals surface area contributed by atoms with E-state index in [9.17, 15) is 0 Å². The first-order valence-electron chi connectivity index (χ1n) is 3.57. The maximum atomic E-state index is 4.90. The highest BCUT2D eigenvalue weighted by Crippen LogP contribution is 2.22. The van der Waals surface area contributed by atoms with Crippen LogP contribution in [-0.2, 0) is 9.78 Å². The van der Waals surface area contributed by atoms with Crippen LogP contribution in [0.4, 0.5) is 0 Å². The van der Waals surface area contributed by atoms with Crippen LogP contribution in [0.1, 0.15) is 13.8 Å². The summed E-state index contributed by atoms with van der Waals surface area (Å²) in [6.07, 6.45) is 3.78. The van der Waals surface area contributed by atoms with Gasteiger partial charge in [0.15, 0.2) is 5.76 Å². The topological polar surface area (TPSA) is 18.5 Å². The van der Waals surface area contributed by atoms with Crippen molar-refractivity contribution in [3.63, 3.8) is 0 Å². The Hall–Kier alpha value is -1.02. The van der Waals surface area contributed by atoms with Gasteiger partial charge >= 0.3 is 0 Å². The van der Waals surface area contributed by atoms with Crippen LogP contribution in [0.3, 0.4) is 0 Å². The number of rotatable bonds is 2. The molecule has 1 rings (SSSR count). The first-order chi connectivity index (χ1) is 5.25. The molecule has 0 unspecified atom stereocenters. The van der Waals surface area contributed by atoms with Gasteiger partial charge in [0.1, 0.15) is 6.61 Å². The van der Waals surface area contributed by atoms with E-state index in [4.69, 9.17) is 9.78 Å². The summed E-state index contributed by atoms with van der Waals surface area (Å²) in [5.41, 5.74) is 2.04. The lowest BCUT2D eigenvalue weighted by atomic mass is 10.1. The average molecular weight is 152 g/mol. The molecule has 0 atom stereocenters. The summed E-state index contributed by atoms with van der Waals surface area (Å²) in [4.78, 5) is 9.70. The molecule has 2 nitrogen and oxygen atoms in total. The van der Waals surface area contributed by atoms with Crippen molar-refractivity contribution < 1.29 is 9.78 Å². The Morgan fingerprint density at radius 2 is 2.36 bits per heavy atom. The summed E-state index contributed by atoms with van der Waals surface area (Å²) in [7, 11) is 0. The van der Waals surface area contributed by atoms with E-state index in [1.165, 1.54) is 0 Å². The normalized spacial score (nSPS) is 17.6. The zero-order valence-corrected chi connectivity index (χ0v) is 6.89. The Bertz CT molecular complexity index is 224.